The van der Waals surface area contributed by atoms with Crippen molar-refractivity contribution in [2.24, 2.45) is 10.9 Å². The molecule has 2 aliphatic rings. The summed E-state index contributed by atoms with van der Waals surface area (Å²) < 4.78 is 17.3. The van der Waals surface area contributed by atoms with Crippen molar-refractivity contribution in [1.82, 2.24) is 10.6 Å². The summed E-state index contributed by atoms with van der Waals surface area (Å²) in [5.74, 6) is 2.58. The minimum atomic E-state index is 0. The van der Waals surface area contributed by atoms with E-state index in [2.05, 4.69) is 42.7 Å². The smallest absolute Gasteiger partial charge is 0.191 e. The molecule has 2 N–H and O–H groups in total. The maximum absolute atomic E-state index is 6.18. The van der Waals surface area contributed by atoms with Gasteiger partial charge in [0, 0.05) is 38.3 Å². The third kappa shape index (κ3) is 9.09. The van der Waals surface area contributed by atoms with Crippen LogP contribution >= 0.6 is 24.0 Å². The molecule has 1 aromatic rings. The number of nitrogens with zero attached hydrogens (tertiary/aromatic N) is 1. The van der Waals surface area contributed by atoms with Gasteiger partial charge in [-0.1, -0.05) is 12.1 Å². The van der Waals surface area contributed by atoms with Crippen molar-refractivity contribution in [2.75, 3.05) is 39.5 Å². The Balaban J connectivity index is 0.00000300. The van der Waals surface area contributed by atoms with Gasteiger partial charge in [-0.05, 0) is 50.7 Å². The van der Waals surface area contributed by atoms with Crippen LogP contribution in [-0.4, -0.2) is 51.6 Å². The molecule has 1 saturated carbocycles. The molecular formula is C22H36IN3O3. The second-order valence-electron chi connectivity index (χ2n) is 7.71. The Hall–Kier alpha value is -1.06. The molecule has 1 aliphatic carbocycles. The SMILES string of the molecule is CCNC(=NCc1ccc(C)cc1OC1CCOC1)NCCCOCC1CC1.I. The summed E-state index contributed by atoms with van der Waals surface area (Å²) in [5, 5.41) is 6.71. The van der Waals surface area contributed by atoms with E-state index in [1.807, 2.05) is 0 Å². The first-order chi connectivity index (χ1) is 13.7. The lowest BCUT2D eigenvalue weighted by Gasteiger charge is -2.16. The average Bonchev–Trinajstić information content (AvgIpc) is 3.37. The molecule has 1 heterocycles. The van der Waals surface area contributed by atoms with E-state index in [-0.39, 0.29) is 30.1 Å². The molecule has 0 aromatic heterocycles. The molecule has 1 aliphatic heterocycles. The van der Waals surface area contributed by atoms with Gasteiger partial charge in [0.2, 0.25) is 0 Å². The Bertz CT molecular complexity index is 632. The zero-order valence-electron chi connectivity index (χ0n) is 17.7. The highest BCUT2D eigenvalue weighted by Crippen LogP contribution is 2.28. The average molecular weight is 517 g/mol. The van der Waals surface area contributed by atoms with Crippen LogP contribution in [-0.2, 0) is 16.0 Å². The van der Waals surface area contributed by atoms with Crippen LogP contribution in [0.1, 0.15) is 43.7 Å². The number of aliphatic imine (C=N–C) groups is 1. The largest absolute Gasteiger partial charge is 0.488 e. The zero-order valence-corrected chi connectivity index (χ0v) is 20.1. The van der Waals surface area contributed by atoms with Gasteiger partial charge >= 0.3 is 0 Å². The molecule has 1 saturated heterocycles. The first-order valence-electron chi connectivity index (χ1n) is 10.7. The van der Waals surface area contributed by atoms with Crippen LogP contribution in [0, 0.1) is 12.8 Å². The van der Waals surface area contributed by atoms with Crippen LogP contribution in [0.4, 0.5) is 0 Å². The molecule has 1 unspecified atom stereocenters. The van der Waals surface area contributed by atoms with E-state index in [4.69, 9.17) is 19.2 Å². The molecule has 1 atom stereocenters. The van der Waals surface area contributed by atoms with E-state index < -0.39 is 0 Å². The van der Waals surface area contributed by atoms with E-state index in [9.17, 15) is 0 Å². The Kier molecular flexibility index (Phi) is 11.1. The van der Waals surface area contributed by atoms with Crippen LogP contribution < -0.4 is 15.4 Å². The van der Waals surface area contributed by atoms with Crippen molar-refractivity contribution in [3.63, 3.8) is 0 Å². The van der Waals surface area contributed by atoms with Gasteiger partial charge in [-0.25, -0.2) is 4.99 Å². The Morgan fingerprint density at radius 1 is 1.24 bits per heavy atom. The highest BCUT2D eigenvalue weighted by molar-refractivity contribution is 14.0. The van der Waals surface area contributed by atoms with E-state index in [1.165, 1.54) is 18.4 Å². The maximum Gasteiger partial charge on any atom is 0.191 e. The zero-order chi connectivity index (χ0) is 19.6. The van der Waals surface area contributed by atoms with Gasteiger partial charge in [0.1, 0.15) is 11.9 Å². The summed E-state index contributed by atoms with van der Waals surface area (Å²) in [4.78, 5) is 4.75. The molecule has 1 aromatic carbocycles. The fourth-order valence-electron chi connectivity index (χ4n) is 3.11. The van der Waals surface area contributed by atoms with Crippen molar-refractivity contribution in [2.45, 2.75) is 52.2 Å². The lowest BCUT2D eigenvalue weighted by atomic mass is 10.1. The fourth-order valence-corrected chi connectivity index (χ4v) is 3.11. The van der Waals surface area contributed by atoms with Crippen LogP contribution in [0.15, 0.2) is 23.2 Å². The molecule has 0 radical (unpaired) electrons. The number of halogens is 1. The molecule has 0 spiro atoms. The van der Waals surface area contributed by atoms with Gasteiger partial charge in [0.25, 0.3) is 0 Å². The highest BCUT2D eigenvalue weighted by Gasteiger charge is 2.21. The monoisotopic (exact) mass is 517 g/mol. The predicted octanol–water partition coefficient (Wildman–Crippen LogP) is 3.65. The standard InChI is InChI=1S/C22H35N3O3.HI/c1-3-23-22(24-10-4-11-26-15-18-6-7-18)25-14-19-8-5-17(2)13-21(19)28-20-9-12-27-16-20;/h5,8,13,18,20H,3-4,6-7,9-12,14-16H2,1-2H3,(H2,23,24,25);1H. The second kappa shape index (κ2) is 13.3. The van der Waals surface area contributed by atoms with E-state index >= 15 is 0 Å². The minimum absolute atomic E-state index is 0. The number of ether oxygens (including phenoxy) is 3. The van der Waals surface area contributed by atoms with Crippen LogP contribution in [0.2, 0.25) is 0 Å². The Morgan fingerprint density at radius 3 is 2.83 bits per heavy atom. The summed E-state index contributed by atoms with van der Waals surface area (Å²) in [6, 6.07) is 6.32. The lowest BCUT2D eigenvalue weighted by Crippen LogP contribution is -2.38. The Labute approximate surface area is 192 Å². The fraction of sp³-hybridized carbons (Fsp3) is 0.682. The molecular weight excluding hydrogens is 481 g/mol. The number of nitrogens with one attached hydrogen (secondary N) is 2. The topological polar surface area (TPSA) is 64.1 Å². The van der Waals surface area contributed by atoms with Gasteiger partial charge < -0.3 is 24.8 Å². The third-order valence-electron chi connectivity index (χ3n) is 4.96. The van der Waals surface area contributed by atoms with Crippen LogP contribution in [0.25, 0.3) is 0 Å². The number of benzene rings is 1. The van der Waals surface area contributed by atoms with Gasteiger partial charge in [-0.3, -0.25) is 0 Å². The molecule has 3 rings (SSSR count). The van der Waals surface area contributed by atoms with E-state index in [1.54, 1.807) is 0 Å². The molecule has 29 heavy (non-hydrogen) atoms. The number of hydrogen-bond acceptors (Lipinski definition) is 4. The summed E-state index contributed by atoms with van der Waals surface area (Å²) in [6.07, 6.45) is 4.76. The van der Waals surface area contributed by atoms with E-state index in [0.717, 1.165) is 68.9 Å². The molecule has 164 valence electrons. The van der Waals surface area contributed by atoms with Crippen molar-refractivity contribution in [1.29, 1.82) is 0 Å². The first-order valence-corrected chi connectivity index (χ1v) is 10.7. The van der Waals surface area contributed by atoms with Crippen molar-refractivity contribution >= 4 is 29.9 Å². The highest BCUT2D eigenvalue weighted by atomic mass is 127. The summed E-state index contributed by atoms with van der Waals surface area (Å²) >= 11 is 0. The van der Waals surface area contributed by atoms with Gasteiger partial charge in [-0.2, -0.15) is 0 Å². The van der Waals surface area contributed by atoms with Crippen molar-refractivity contribution in [3.05, 3.63) is 29.3 Å². The normalized spacial score (nSPS) is 19.0. The summed E-state index contributed by atoms with van der Waals surface area (Å²) in [5.41, 5.74) is 2.29. The third-order valence-corrected chi connectivity index (χ3v) is 4.96. The molecule has 2 fully saturated rings. The number of aryl methyl sites for hydroxylation is 1. The number of guanidine groups is 1. The summed E-state index contributed by atoms with van der Waals surface area (Å²) in [7, 11) is 0. The van der Waals surface area contributed by atoms with Gasteiger partial charge in [0.05, 0.1) is 19.8 Å². The maximum atomic E-state index is 6.18. The second-order valence-corrected chi connectivity index (χ2v) is 7.71. The van der Waals surface area contributed by atoms with Crippen LogP contribution in [0.3, 0.4) is 0 Å². The number of rotatable bonds is 11. The number of hydrogen-bond donors (Lipinski definition) is 2. The van der Waals surface area contributed by atoms with E-state index in [0.29, 0.717) is 13.2 Å². The molecule has 0 bridgehead atoms. The van der Waals surface area contributed by atoms with Crippen molar-refractivity contribution < 1.29 is 14.2 Å². The summed E-state index contributed by atoms with van der Waals surface area (Å²) in [6.45, 7) is 9.62. The Morgan fingerprint density at radius 2 is 2.10 bits per heavy atom. The van der Waals surface area contributed by atoms with Crippen LogP contribution in [0.5, 0.6) is 5.75 Å². The molecule has 7 heteroatoms. The minimum Gasteiger partial charge on any atom is -0.488 e. The van der Waals surface area contributed by atoms with Crippen molar-refractivity contribution in [3.8, 4) is 5.75 Å². The van der Waals surface area contributed by atoms with Gasteiger partial charge in [-0.15, -0.1) is 24.0 Å². The quantitative estimate of drug-likeness (QED) is 0.203. The lowest BCUT2D eigenvalue weighted by molar-refractivity contribution is 0.123. The predicted molar refractivity (Wildman–Crippen MR) is 127 cm³/mol. The first kappa shape index (κ1) is 24.2. The molecule has 0 amide bonds. The van der Waals surface area contributed by atoms with Gasteiger partial charge in [0.15, 0.2) is 5.96 Å². The molecule has 6 nitrogen and oxygen atoms in total.